The number of imidazole rings is 2. The zero-order chi connectivity index (χ0) is 24.7. The Kier molecular flexibility index (Phi) is 5.43. The minimum absolute atomic E-state index is 0.0342. The monoisotopic (exact) mass is 478 g/mol. The van der Waals surface area contributed by atoms with E-state index in [1.165, 1.54) is 19.2 Å². The van der Waals surface area contributed by atoms with Gasteiger partial charge >= 0.3 is 6.18 Å². The molecule has 178 valence electrons. The second kappa shape index (κ2) is 8.46. The quantitative estimate of drug-likeness (QED) is 0.337. The lowest BCUT2D eigenvalue weighted by atomic mass is 10.0. The molecule has 5 rings (SSSR count). The normalized spacial score (nSPS) is 11.7. The largest absolute Gasteiger partial charge is 0.479 e. The number of aromatic nitrogens is 5. The highest BCUT2D eigenvalue weighted by Gasteiger charge is 2.34. The first-order valence-corrected chi connectivity index (χ1v) is 10.7. The van der Waals surface area contributed by atoms with Crippen LogP contribution in [0.4, 0.5) is 24.7 Å². The highest BCUT2D eigenvalue weighted by molar-refractivity contribution is 5.78. The summed E-state index contributed by atoms with van der Waals surface area (Å²) in [7, 11) is 1.53. The Morgan fingerprint density at radius 1 is 0.971 bits per heavy atom. The molecule has 0 saturated carbocycles. The average molecular weight is 478 g/mol. The van der Waals surface area contributed by atoms with Gasteiger partial charge in [-0.2, -0.15) is 18.2 Å². The van der Waals surface area contributed by atoms with Crippen LogP contribution >= 0.6 is 0 Å². The lowest BCUT2D eigenvalue weighted by Crippen LogP contribution is -2.07. The molecule has 1 N–H and O–H groups in total. The van der Waals surface area contributed by atoms with Gasteiger partial charge in [0.2, 0.25) is 5.88 Å². The molecule has 0 saturated heterocycles. The molecule has 7 nitrogen and oxygen atoms in total. The predicted molar refractivity (Wildman–Crippen MR) is 126 cm³/mol. The van der Waals surface area contributed by atoms with Gasteiger partial charge in [-0.15, -0.1) is 0 Å². The van der Waals surface area contributed by atoms with Crippen LogP contribution in [0.5, 0.6) is 5.88 Å². The van der Waals surface area contributed by atoms with Gasteiger partial charge in [-0.1, -0.05) is 18.2 Å². The van der Waals surface area contributed by atoms with E-state index in [0.717, 1.165) is 17.4 Å². The summed E-state index contributed by atoms with van der Waals surface area (Å²) in [5.41, 5.74) is 2.82. The lowest BCUT2D eigenvalue weighted by molar-refractivity contribution is -0.137. The summed E-state index contributed by atoms with van der Waals surface area (Å²) in [6.45, 7) is 3.64. The van der Waals surface area contributed by atoms with Gasteiger partial charge < -0.3 is 19.0 Å². The number of methoxy groups -OCH3 is 1. The maximum absolute atomic E-state index is 13.6. The molecule has 0 aliphatic carbocycles. The van der Waals surface area contributed by atoms with Crippen molar-refractivity contribution in [3.63, 3.8) is 0 Å². The molecular weight excluding hydrogens is 457 g/mol. The predicted octanol–water partition coefficient (Wildman–Crippen LogP) is 5.97. The van der Waals surface area contributed by atoms with E-state index in [1.807, 2.05) is 23.8 Å². The van der Waals surface area contributed by atoms with Gasteiger partial charge in [-0.25, -0.2) is 9.97 Å². The fourth-order valence-corrected chi connectivity index (χ4v) is 4.02. The molecule has 0 unspecified atom stereocenters. The number of pyridine rings is 2. The van der Waals surface area contributed by atoms with E-state index in [4.69, 9.17) is 4.74 Å². The summed E-state index contributed by atoms with van der Waals surface area (Å²) in [5, 5.41) is 3.22. The van der Waals surface area contributed by atoms with Gasteiger partial charge in [0, 0.05) is 23.7 Å². The fourth-order valence-electron chi connectivity index (χ4n) is 4.02. The van der Waals surface area contributed by atoms with Crippen LogP contribution in [0.3, 0.4) is 0 Å². The van der Waals surface area contributed by atoms with E-state index in [0.29, 0.717) is 28.7 Å². The van der Waals surface area contributed by atoms with Gasteiger partial charge in [-0.3, -0.25) is 0 Å². The highest BCUT2D eigenvalue weighted by atomic mass is 19.4. The maximum atomic E-state index is 13.6. The number of anilines is 2. The zero-order valence-corrected chi connectivity index (χ0v) is 19.1. The summed E-state index contributed by atoms with van der Waals surface area (Å²) >= 11 is 0. The topological polar surface area (TPSA) is 69.3 Å². The first-order valence-electron chi connectivity index (χ1n) is 10.7. The summed E-state index contributed by atoms with van der Waals surface area (Å²) < 4.78 is 50.0. The van der Waals surface area contributed by atoms with Gasteiger partial charge in [0.15, 0.2) is 5.65 Å². The van der Waals surface area contributed by atoms with Crippen LogP contribution in [0.25, 0.3) is 22.6 Å². The lowest BCUT2D eigenvalue weighted by Gasteiger charge is -2.12. The molecule has 10 heteroatoms. The van der Waals surface area contributed by atoms with E-state index >= 15 is 0 Å². The molecule has 0 radical (unpaired) electrons. The molecule has 4 aromatic heterocycles. The third-order valence-electron chi connectivity index (χ3n) is 5.66. The van der Waals surface area contributed by atoms with Crippen LogP contribution in [0.2, 0.25) is 0 Å². The van der Waals surface area contributed by atoms with Crippen molar-refractivity contribution >= 4 is 17.2 Å². The minimum Gasteiger partial charge on any atom is -0.479 e. The molecule has 4 heterocycles. The number of hydrogen-bond acceptors (Lipinski definition) is 5. The average Bonchev–Trinajstić information content (AvgIpc) is 3.42. The molecule has 0 bridgehead atoms. The third-order valence-corrected chi connectivity index (χ3v) is 5.66. The van der Waals surface area contributed by atoms with Crippen molar-refractivity contribution in [1.29, 1.82) is 0 Å². The van der Waals surface area contributed by atoms with Crippen LogP contribution in [0, 0.1) is 13.8 Å². The summed E-state index contributed by atoms with van der Waals surface area (Å²) in [5.74, 6) is 0.882. The Morgan fingerprint density at radius 2 is 1.77 bits per heavy atom. The minimum atomic E-state index is -4.49. The number of nitrogens with one attached hydrogen (secondary N) is 1. The number of benzene rings is 1. The summed E-state index contributed by atoms with van der Waals surface area (Å²) in [4.78, 5) is 13.4. The first-order chi connectivity index (χ1) is 16.8. The fraction of sp³-hybridized carbons (Fsp3) is 0.160. The van der Waals surface area contributed by atoms with Crippen molar-refractivity contribution in [2.24, 2.45) is 0 Å². The maximum Gasteiger partial charge on any atom is 0.417 e. The van der Waals surface area contributed by atoms with Crippen molar-refractivity contribution in [2.75, 3.05) is 12.4 Å². The first kappa shape index (κ1) is 22.5. The van der Waals surface area contributed by atoms with E-state index in [-0.39, 0.29) is 11.3 Å². The van der Waals surface area contributed by atoms with Crippen molar-refractivity contribution in [3.05, 3.63) is 84.2 Å². The Hall–Kier alpha value is -4.34. The second-order valence-electron chi connectivity index (χ2n) is 7.98. The van der Waals surface area contributed by atoms with E-state index in [2.05, 4.69) is 20.3 Å². The molecule has 0 fully saturated rings. The second-order valence-corrected chi connectivity index (χ2v) is 7.98. The van der Waals surface area contributed by atoms with Gasteiger partial charge in [0.25, 0.3) is 0 Å². The third kappa shape index (κ3) is 4.07. The van der Waals surface area contributed by atoms with Crippen LogP contribution in [-0.2, 0) is 6.18 Å². The summed E-state index contributed by atoms with van der Waals surface area (Å²) in [6.07, 6.45) is 0.814. The van der Waals surface area contributed by atoms with Crippen LogP contribution in [0.15, 0.2) is 67.3 Å². The highest BCUT2D eigenvalue weighted by Crippen LogP contribution is 2.38. The van der Waals surface area contributed by atoms with Gasteiger partial charge in [0.05, 0.1) is 36.1 Å². The number of nitrogens with zero attached hydrogens (tertiary/aromatic N) is 5. The molecule has 0 aliphatic rings. The Morgan fingerprint density at radius 3 is 2.49 bits per heavy atom. The van der Waals surface area contributed by atoms with Gasteiger partial charge in [-0.05, 0) is 44.2 Å². The number of fused-ring (bicyclic) bond motifs is 1. The number of ether oxygens (including phenoxy) is 1. The van der Waals surface area contributed by atoms with Gasteiger partial charge in [0.1, 0.15) is 11.5 Å². The van der Waals surface area contributed by atoms with Crippen molar-refractivity contribution < 1.29 is 17.9 Å². The number of aryl methyl sites for hydroxylation is 2. The molecule has 0 spiro atoms. The molecule has 5 aromatic rings. The number of halogens is 3. The number of hydrogen-bond donors (Lipinski definition) is 1. The van der Waals surface area contributed by atoms with Crippen LogP contribution in [0.1, 0.15) is 17.0 Å². The molecule has 1 aromatic carbocycles. The molecule has 0 amide bonds. The Labute approximate surface area is 198 Å². The Balaban J connectivity index is 1.56. The van der Waals surface area contributed by atoms with E-state index < -0.39 is 11.7 Å². The zero-order valence-electron chi connectivity index (χ0n) is 19.1. The molecule has 0 aliphatic heterocycles. The summed E-state index contributed by atoms with van der Waals surface area (Å²) in [6, 6.07) is 12.7. The standard InChI is InChI=1S/C25H21F3N6O/c1-15-13-33(14-29-15)20-10-11-21(31-24(20)35-3)30-19-9-6-12-34-16(2)22(32-23(19)34)17-7-4-5-8-18(17)25(26,27)28/h4-14H,1-3H3,(H,30,31). The molecular formula is C25H21F3N6O. The number of alkyl halides is 3. The van der Waals surface area contributed by atoms with Crippen molar-refractivity contribution in [3.8, 4) is 22.8 Å². The SMILES string of the molecule is COc1nc(Nc2cccn3c(C)c(-c4ccccc4C(F)(F)F)nc23)ccc1-n1cnc(C)c1. The van der Waals surface area contributed by atoms with Crippen molar-refractivity contribution in [1.82, 2.24) is 23.9 Å². The Bertz CT molecular complexity index is 1540. The van der Waals surface area contributed by atoms with E-state index in [1.54, 1.807) is 48.1 Å². The molecule has 35 heavy (non-hydrogen) atoms. The molecule has 0 atom stereocenters. The smallest absolute Gasteiger partial charge is 0.417 e. The number of rotatable bonds is 5. The van der Waals surface area contributed by atoms with Crippen LogP contribution < -0.4 is 10.1 Å². The van der Waals surface area contributed by atoms with Crippen LogP contribution in [-0.4, -0.2) is 31.0 Å². The van der Waals surface area contributed by atoms with E-state index in [9.17, 15) is 13.2 Å². The van der Waals surface area contributed by atoms with Crippen molar-refractivity contribution in [2.45, 2.75) is 20.0 Å².